The van der Waals surface area contributed by atoms with Gasteiger partial charge in [0.2, 0.25) is 0 Å². The van der Waals surface area contributed by atoms with Crippen LogP contribution in [0.25, 0.3) is 11.3 Å². The molecule has 3 nitrogen and oxygen atoms in total. The number of hydrogen-bond donors (Lipinski definition) is 1. The van der Waals surface area contributed by atoms with E-state index < -0.39 is 11.7 Å². The Labute approximate surface area is 101 Å². The van der Waals surface area contributed by atoms with Gasteiger partial charge < -0.3 is 0 Å². The van der Waals surface area contributed by atoms with Crippen LogP contribution in [0.5, 0.6) is 0 Å². The summed E-state index contributed by atoms with van der Waals surface area (Å²) < 4.78 is 38.2. The van der Waals surface area contributed by atoms with Crippen LogP contribution < -0.4 is 0 Å². The molecule has 0 saturated heterocycles. The molecule has 2 aromatic rings. The number of benzene rings is 1. The monoisotopic (exact) mass is 254 g/mol. The molecule has 0 radical (unpaired) electrons. The van der Waals surface area contributed by atoms with Crippen molar-refractivity contribution in [1.82, 2.24) is 10.2 Å². The van der Waals surface area contributed by atoms with Crippen LogP contribution in [0.3, 0.4) is 0 Å². The van der Waals surface area contributed by atoms with Crippen molar-refractivity contribution in [3.8, 4) is 11.3 Å². The Morgan fingerprint density at radius 1 is 1.33 bits per heavy atom. The van der Waals surface area contributed by atoms with E-state index in [1.807, 2.05) is 0 Å². The third-order valence-electron chi connectivity index (χ3n) is 2.60. The lowest BCUT2D eigenvalue weighted by atomic mass is 10.0. The van der Waals surface area contributed by atoms with E-state index in [9.17, 15) is 18.0 Å². The highest BCUT2D eigenvalue weighted by atomic mass is 19.4. The van der Waals surface area contributed by atoms with E-state index in [4.69, 9.17) is 0 Å². The summed E-state index contributed by atoms with van der Waals surface area (Å²) in [7, 11) is 0. The zero-order chi connectivity index (χ0) is 13.3. The zero-order valence-electron chi connectivity index (χ0n) is 9.38. The maximum Gasteiger partial charge on any atom is 0.420 e. The van der Waals surface area contributed by atoms with Crippen molar-refractivity contribution in [2.24, 2.45) is 0 Å². The second-order valence-corrected chi connectivity index (χ2v) is 3.85. The van der Waals surface area contributed by atoms with Crippen molar-refractivity contribution in [3.63, 3.8) is 0 Å². The molecule has 0 atom stereocenters. The van der Waals surface area contributed by atoms with Crippen LogP contribution in [-0.4, -0.2) is 16.5 Å². The lowest BCUT2D eigenvalue weighted by molar-refractivity contribution is -0.137. The van der Waals surface area contributed by atoms with Crippen LogP contribution in [0, 0.1) is 6.92 Å². The molecule has 0 amide bonds. The minimum absolute atomic E-state index is 0.0857. The molecule has 0 unspecified atom stereocenters. The normalized spacial score (nSPS) is 11.6. The maximum absolute atomic E-state index is 12.7. The molecule has 94 valence electrons. The molecule has 0 spiro atoms. The highest BCUT2D eigenvalue weighted by Crippen LogP contribution is 2.36. The fraction of sp³-hybridized carbons (Fsp3) is 0.167. The second kappa shape index (κ2) is 4.29. The Morgan fingerprint density at radius 3 is 2.61 bits per heavy atom. The van der Waals surface area contributed by atoms with Gasteiger partial charge in [-0.05, 0) is 18.6 Å². The molecule has 2 rings (SSSR count). The van der Waals surface area contributed by atoms with Gasteiger partial charge in [-0.2, -0.15) is 18.3 Å². The zero-order valence-corrected chi connectivity index (χ0v) is 9.38. The first-order valence-electron chi connectivity index (χ1n) is 5.10. The molecular formula is C12H9F3N2O. The molecule has 0 saturated carbocycles. The molecular weight excluding hydrogens is 245 g/mol. The Balaban J connectivity index is 2.56. The summed E-state index contributed by atoms with van der Waals surface area (Å²) in [5.41, 5.74) is 0.478. The highest BCUT2D eigenvalue weighted by molar-refractivity contribution is 5.78. The predicted molar refractivity (Wildman–Crippen MR) is 59.2 cm³/mol. The number of aldehydes is 1. The van der Waals surface area contributed by atoms with Gasteiger partial charge in [-0.3, -0.25) is 9.89 Å². The molecule has 0 aliphatic heterocycles. The van der Waals surface area contributed by atoms with E-state index in [2.05, 4.69) is 10.2 Å². The highest BCUT2D eigenvalue weighted by Gasteiger charge is 2.35. The average molecular weight is 254 g/mol. The molecule has 0 aliphatic carbocycles. The lowest BCUT2D eigenvalue weighted by Crippen LogP contribution is -2.05. The first-order valence-corrected chi connectivity index (χ1v) is 5.10. The number of alkyl halides is 3. The number of halogens is 3. The fourth-order valence-corrected chi connectivity index (χ4v) is 1.75. The molecule has 18 heavy (non-hydrogen) atoms. The van der Waals surface area contributed by atoms with Crippen molar-refractivity contribution in [2.45, 2.75) is 13.1 Å². The molecule has 0 bridgehead atoms. The van der Waals surface area contributed by atoms with E-state index in [-0.39, 0.29) is 5.69 Å². The number of carbonyl (C=O) groups is 1. The summed E-state index contributed by atoms with van der Waals surface area (Å²) in [4.78, 5) is 10.6. The van der Waals surface area contributed by atoms with Gasteiger partial charge in [0.25, 0.3) is 0 Å². The van der Waals surface area contributed by atoms with Gasteiger partial charge in [-0.15, -0.1) is 0 Å². The smallest absolute Gasteiger partial charge is 0.298 e. The number of aromatic nitrogens is 2. The van der Waals surface area contributed by atoms with E-state index in [1.165, 1.54) is 18.2 Å². The third-order valence-corrected chi connectivity index (χ3v) is 2.60. The van der Waals surface area contributed by atoms with Crippen molar-refractivity contribution in [2.75, 3.05) is 0 Å². The number of hydrogen-bond acceptors (Lipinski definition) is 2. The van der Waals surface area contributed by atoms with Gasteiger partial charge in [0.1, 0.15) is 11.8 Å². The average Bonchev–Trinajstić information content (AvgIpc) is 2.77. The van der Waals surface area contributed by atoms with E-state index in [0.717, 1.165) is 6.20 Å². The summed E-state index contributed by atoms with van der Waals surface area (Å²) in [5.74, 6) is 0. The number of nitrogens with one attached hydrogen (secondary N) is 1. The van der Waals surface area contributed by atoms with Crippen LogP contribution in [0.1, 0.15) is 21.5 Å². The molecule has 6 heteroatoms. The minimum atomic E-state index is -4.46. The number of H-pyrrole nitrogens is 1. The van der Waals surface area contributed by atoms with Crippen molar-refractivity contribution in [3.05, 3.63) is 41.1 Å². The van der Waals surface area contributed by atoms with Crippen LogP contribution in [0.15, 0.2) is 24.4 Å². The summed E-state index contributed by atoms with van der Waals surface area (Å²) in [6.45, 7) is 1.64. The third kappa shape index (κ3) is 2.13. The van der Waals surface area contributed by atoms with Gasteiger partial charge in [0.05, 0.1) is 11.9 Å². The van der Waals surface area contributed by atoms with Crippen LogP contribution in [0.4, 0.5) is 13.2 Å². The van der Waals surface area contributed by atoms with Gasteiger partial charge in [0.15, 0.2) is 0 Å². The van der Waals surface area contributed by atoms with E-state index >= 15 is 0 Å². The number of aryl methyl sites for hydroxylation is 1. The minimum Gasteiger partial charge on any atom is -0.298 e. The van der Waals surface area contributed by atoms with Crippen LogP contribution in [-0.2, 0) is 6.18 Å². The molecule has 1 N–H and O–H groups in total. The number of rotatable bonds is 2. The molecule has 0 aliphatic rings. The quantitative estimate of drug-likeness (QED) is 0.836. The van der Waals surface area contributed by atoms with E-state index in [1.54, 1.807) is 6.92 Å². The second-order valence-electron chi connectivity index (χ2n) is 3.85. The van der Waals surface area contributed by atoms with Gasteiger partial charge in [0, 0.05) is 11.1 Å². The Bertz CT molecular complexity index is 587. The van der Waals surface area contributed by atoms with Crippen molar-refractivity contribution in [1.29, 1.82) is 0 Å². The first-order chi connectivity index (χ1) is 8.43. The summed E-state index contributed by atoms with van der Waals surface area (Å²) in [6, 6.07) is 4.47. The van der Waals surface area contributed by atoms with Gasteiger partial charge >= 0.3 is 6.18 Å². The summed E-state index contributed by atoms with van der Waals surface area (Å²) >= 11 is 0. The molecule has 1 aromatic carbocycles. The van der Waals surface area contributed by atoms with Crippen molar-refractivity contribution >= 4 is 6.29 Å². The van der Waals surface area contributed by atoms with E-state index in [0.29, 0.717) is 23.0 Å². The summed E-state index contributed by atoms with van der Waals surface area (Å²) in [5, 5.41) is 5.78. The topological polar surface area (TPSA) is 45.8 Å². The molecule has 1 aromatic heterocycles. The Hall–Kier alpha value is -2.11. The Kier molecular flexibility index (Phi) is 2.94. The fourth-order valence-electron chi connectivity index (χ4n) is 1.75. The van der Waals surface area contributed by atoms with Crippen LogP contribution in [0.2, 0.25) is 0 Å². The molecule has 1 heterocycles. The summed E-state index contributed by atoms with van der Waals surface area (Å²) in [6.07, 6.45) is -3.06. The SMILES string of the molecule is Cc1cc(C=O)ccc1-c1[nH]ncc1C(F)(F)F. The van der Waals surface area contributed by atoms with Gasteiger partial charge in [-0.1, -0.05) is 12.1 Å². The number of carbonyl (C=O) groups excluding carboxylic acids is 1. The van der Waals surface area contributed by atoms with Crippen molar-refractivity contribution < 1.29 is 18.0 Å². The lowest BCUT2D eigenvalue weighted by Gasteiger charge is -2.09. The number of nitrogens with zero attached hydrogens (tertiary/aromatic N) is 1. The first kappa shape index (κ1) is 12.3. The Morgan fingerprint density at radius 2 is 2.06 bits per heavy atom. The number of aromatic amines is 1. The largest absolute Gasteiger partial charge is 0.420 e. The maximum atomic E-state index is 12.7. The van der Waals surface area contributed by atoms with Crippen LogP contribution >= 0.6 is 0 Å². The van der Waals surface area contributed by atoms with Gasteiger partial charge in [-0.25, -0.2) is 0 Å². The standard InChI is InChI=1S/C12H9F3N2O/c1-7-4-8(6-18)2-3-9(7)11-10(5-16-17-11)12(13,14)15/h2-6H,1H3,(H,16,17). The molecule has 0 fully saturated rings. The predicted octanol–water partition coefficient (Wildman–Crippen LogP) is 3.22.